The van der Waals surface area contributed by atoms with Gasteiger partial charge in [0, 0.05) is 11.1 Å². The molecule has 0 fully saturated rings. The average Bonchev–Trinajstić information content (AvgIpc) is 2.17. The molecule has 1 aromatic carbocycles. The van der Waals surface area contributed by atoms with Crippen LogP contribution in [0.3, 0.4) is 0 Å². The van der Waals surface area contributed by atoms with Crippen LogP contribution in [-0.4, -0.2) is 7.04 Å². The average molecular weight is 156 g/mol. The van der Waals surface area contributed by atoms with Crippen LogP contribution in [0, 0.1) is 13.8 Å². The van der Waals surface area contributed by atoms with E-state index in [4.69, 9.17) is 6.85 Å². The molecular weight excluding hydrogens is 140 g/mol. The molecule has 0 aromatic heterocycles. The molecule has 0 aliphatic rings. The number of ether oxygens (including phenoxy) is 1. The molecule has 0 aliphatic heterocycles. The van der Waals surface area contributed by atoms with Gasteiger partial charge in [0.15, 0.2) is 5.75 Å². The zero-order valence-electron chi connectivity index (χ0n) is 11.3. The summed E-state index contributed by atoms with van der Waals surface area (Å²) >= 11 is 0. The Bertz CT molecular complexity index is 396. The predicted molar refractivity (Wildman–Crippen MR) is 42.6 cm³/mol. The molecule has 11 heavy (non-hydrogen) atoms. The smallest absolute Gasteiger partial charge is 0.184 e. The Morgan fingerprint density at radius 2 is 2.00 bits per heavy atom. The van der Waals surface area contributed by atoms with Gasteiger partial charge in [0.25, 0.3) is 0 Å². The van der Waals surface area contributed by atoms with Crippen LogP contribution >= 0.6 is 0 Å². The van der Waals surface area contributed by atoms with Crippen LogP contribution in [0.25, 0.3) is 0 Å². The predicted octanol–water partition coefficient (Wildman–Crippen LogP) is 2.46. The van der Waals surface area contributed by atoms with E-state index in [-0.39, 0.29) is 29.0 Å². The van der Waals surface area contributed by atoms with Gasteiger partial charge in [-0.05, 0) is 25.9 Å². The molecule has 0 saturated carbocycles. The summed E-state index contributed by atoms with van der Waals surface area (Å²) in [7, 11) is -2.73. The van der Waals surface area contributed by atoms with Crippen LogP contribution in [0.5, 0.6) is 11.5 Å². The molecule has 0 unspecified atom stereocenters. The zero-order chi connectivity index (χ0) is 12.7. The van der Waals surface area contributed by atoms with Gasteiger partial charge < -0.3 is 4.74 Å². The number of hydrogen-bond acceptors (Lipinski definition) is 1. The van der Waals surface area contributed by atoms with Crippen LogP contribution in [0.1, 0.15) is 18.0 Å². The molecule has 0 atom stereocenters. The van der Waals surface area contributed by atoms with E-state index < -0.39 is 12.8 Å². The van der Waals surface area contributed by atoms with Gasteiger partial charge in [-0.15, -0.1) is 0 Å². The van der Waals surface area contributed by atoms with Gasteiger partial charge in [-0.3, -0.25) is 5.11 Å². The van der Waals surface area contributed by atoms with Crippen molar-refractivity contribution in [2.75, 3.05) is 7.04 Å². The van der Waals surface area contributed by atoms with E-state index in [1.165, 1.54) is 13.8 Å². The molecule has 59 valence electrons. The fraction of sp³-hybridized carbons (Fsp3) is 0.333. The standard InChI is InChI=1S/C9H11O2/c1-6-4-8(11-3)5-7(2)9(6)10/h4-5H,1-3H3/i3D3,4D,5D. The SMILES string of the molecule is [2H]c1c(C)c([O])c(C)c([2H])c1OC([2H])([2H])[2H]. The van der Waals surface area contributed by atoms with Crippen molar-refractivity contribution in [3.63, 3.8) is 0 Å². The van der Waals surface area contributed by atoms with Gasteiger partial charge in [0.2, 0.25) is 0 Å². The first-order chi connectivity index (χ1) is 7.15. The van der Waals surface area contributed by atoms with E-state index >= 15 is 0 Å². The Kier molecular flexibility index (Phi) is 0.893. The summed E-state index contributed by atoms with van der Waals surface area (Å²) < 4.78 is 40.5. The Morgan fingerprint density at radius 1 is 1.45 bits per heavy atom. The number of methoxy groups -OCH3 is 1. The Morgan fingerprint density at radius 3 is 2.45 bits per heavy atom. The number of rotatable bonds is 1. The maximum absolute atomic E-state index is 11.5. The van der Waals surface area contributed by atoms with Gasteiger partial charge in [0.1, 0.15) is 5.75 Å². The molecule has 1 rings (SSSR count). The maximum atomic E-state index is 11.5. The van der Waals surface area contributed by atoms with Crippen molar-refractivity contribution < 1.29 is 16.7 Å². The monoisotopic (exact) mass is 156 g/mol. The zero-order valence-corrected chi connectivity index (χ0v) is 6.32. The molecular formula is C9H11O2. The van der Waals surface area contributed by atoms with E-state index in [9.17, 15) is 5.11 Å². The van der Waals surface area contributed by atoms with Gasteiger partial charge in [-0.25, -0.2) is 0 Å². The summed E-state index contributed by atoms with van der Waals surface area (Å²) in [6.07, 6.45) is 0. The summed E-state index contributed by atoms with van der Waals surface area (Å²) in [5.41, 5.74) is 0.181. The van der Waals surface area contributed by atoms with E-state index in [2.05, 4.69) is 4.74 Å². The highest BCUT2D eigenvalue weighted by atomic mass is 16.5. The largest absolute Gasteiger partial charge is 0.497 e. The highest BCUT2D eigenvalue weighted by Crippen LogP contribution is 2.26. The first-order valence-electron chi connectivity index (χ1n) is 5.61. The first-order valence-corrected chi connectivity index (χ1v) is 3.11. The molecule has 1 aromatic rings. The second kappa shape index (κ2) is 2.82. The van der Waals surface area contributed by atoms with E-state index in [1.807, 2.05) is 0 Å². The fourth-order valence-electron chi connectivity index (χ4n) is 0.818. The number of benzene rings is 1. The number of hydrogen-bond donors (Lipinski definition) is 0. The van der Waals surface area contributed by atoms with E-state index in [0.29, 0.717) is 0 Å². The molecule has 0 bridgehead atoms. The lowest BCUT2D eigenvalue weighted by molar-refractivity contribution is 0.346. The third-order valence-electron chi connectivity index (χ3n) is 1.39. The fourth-order valence-corrected chi connectivity index (χ4v) is 0.818. The van der Waals surface area contributed by atoms with Gasteiger partial charge >= 0.3 is 0 Å². The van der Waals surface area contributed by atoms with Crippen LogP contribution < -0.4 is 4.74 Å². The van der Waals surface area contributed by atoms with Crippen molar-refractivity contribution in [3.8, 4) is 11.5 Å². The van der Waals surface area contributed by atoms with Gasteiger partial charge in [0.05, 0.1) is 13.9 Å². The summed E-state index contributed by atoms with van der Waals surface area (Å²) in [5, 5.41) is 11.5. The lowest BCUT2D eigenvalue weighted by Crippen LogP contribution is -1.85. The molecule has 0 heterocycles. The van der Waals surface area contributed by atoms with Crippen molar-refractivity contribution in [3.05, 3.63) is 23.2 Å². The van der Waals surface area contributed by atoms with Crippen LogP contribution in [0.4, 0.5) is 0 Å². The molecule has 1 radical (unpaired) electrons. The highest BCUT2D eigenvalue weighted by molar-refractivity contribution is 5.44. The lowest BCUT2D eigenvalue weighted by Gasteiger charge is -2.03. The Balaban J connectivity index is 3.40. The highest BCUT2D eigenvalue weighted by Gasteiger charge is 2.04. The third-order valence-corrected chi connectivity index (χ3v) is 1.39. The summed E-state index contributed by atoms with van der Waals surface area (Å²) in [5.74, 6) is -0.789. The maximum Gasteiger partial charge on any atom is 0.184 e. The Labute approximate surface area is 73.5 Å². The lowest BCUT2D eigenvalue weighted by atomic mass is 10.1. The second-order valence-corrected chi connectivity index (χ2v) is 2.26. The summed E-state index contributed by atoms with van der Waals surface area (Å²) in [6.45, 7) is 2.81. The summed E-state index contributed by atoms with van der Waals surface area (Å²) in [4.78, 5) is 0. The molecule has 2 nitrogen and oxygen atoms in total. The second-order valence-electron chi connectivity index (χ2n) is 2.26. The third kappa shape index (κ3) is 1.45. The van der Waals surface area contributed by atoms with Crippen molar-refractivity contribution in [2.45, 2.75) is 13.8 Å². The molecule has 0 amide bonds. The minimum absolute atomic E-state index is 0.0905. The molecule has 2 heteroatoms. The van der Waals surface area contributed by atoms with Gasteiger partial charge in [-0.2, -0.15) is 0 Å². The van der Waals surface area contributed by atoms with Crippen molar-refractivity contribution in [2.24, 2.45) is 0 Å². The van der Waals surface area contributed by atoms with Gasteiger partial charge in [-0.1, -0.05) is 0 Å². The molecule has 0 N–H and O–H groups in total. The molecule has 0 aliphatic carbocycles. The van der Waals surface area contributed by atoms with Crippen LogP contribution in [0.2, 0.25) is 0 Å². The van der Waals surface area contributed by atoms with Crippen molar-refractivity contribution in [1.29, 1.82) is 0 Å². The molecule has 0 spiro atoms. The summed E-state index contributed by atoms with van der Waals surface area (Å²) in [6, 6.07) is -0.673. The molecule has 0 saturated heterocycles. The van der Waals surface area contributed by atoms with Crippen LogP contribution in [0.15, 0.2) is 12.1 Å². The van der Waals surface area contributed by atoms with Crippen molar-refractivity contribution >= 4 is 0 Å². The van der Waals surface area contributed by atoms with Crippen molar-refractivity contribution in [1.82, 2.24) is 0 Å². The normalized spacial score (nSPS) is 17.5. The van der Waals surface area contributed by atoms with E-state index in [0.717, 1.165) is 0 Å². The quantitative estimate of drug-likeness (QED) is 0.614. The topological polar surface area (TPSA) is 29.1 Å². The van der Waals surface area contributed by atoms with E-state index in [1.54, 1.807) is 0 Å². The van der Waals surface area contributed by atoms with Crippen LogP contribution in [-0.2, 0) is 5.11 Å². The Hall–Kier alpha value is -1.18. The minimum Gasteiger partial charge on any atom is -0.497 e. The first kappa shape index (κ1) is 3.48. The minimum atomic E-state index is -2.73.